The molecule has 3 N–H and O–H groups in total. The number of hydrogen-bond donors (Lipinski definition) is 2. The first-order valence-electron chi connectivity index (χ1n) is 5.58. The second-order valence-corrected chi connectivity index (χ2v) is 3.83. The van der Waals surface area contributed by atoms with Crippen molar-refractivity contribution >= 4 is 11.6 Å². The average molecular weight is 256 g/mol. The smallest absolute Gasteiger partial charge is 0.242 e. The van der Waals surface area contributed by atoms with E-state index < -0.39 is 0 Å². The third kappa shape index (κ3) is 3.29. The van der Waals surface area contributed by atoms with E-state index in [0.29, 0.717) is 11.5 Å². The van der Waals surface area contributed by atoms with Crippen molar-refractivity contribution in [2.75, 3.05) is 12.3 Å². The first-order valence-corrected chi connectivity index (χ1v) is 5.58. The molecule has 1 aromatic heterocycles. The summed E-state index contributed by atoms with van der Waals surface area (Å²) in [6.45, 7) is 0.00655. The van der Waals surface area contributed by atoms with Crippen LogP contribution in [-0.2, 0) is 11.3 Å². The van der Waals surface area contributed by atoms with Gasteiger partial charge in [-0.05, 0) is 12.1 Å². The summed E-state index contributed by atoms with van der Waals surface area (Å²) in [5.41, 5.74) is 7.09. The van der Waals surface area contributed by atoms with Crippen LogP contribution in [0.25, 0.3) is 11.4 Å². The lowest BCUT2D eigenvalue weighted by Crippen LogP contribution is -2.27. The number of benzene rings is 1. The van der Waals surface area contributed by atoms with Gasteiger partial charge in [-0.15, -0.1) is 0 Å². The Kier molecular flexibility index (Phi) is 3.73. The fourth-order valence-electron chi connectivity index (χ4n) is 1.52. The van der Waals surface area contributed by atoms with Crippen molar-refractivity contribution in [1.82, 2.24) is 20.1 Å². The van der Waals surface area contributed by atoms with Crippen LogP contribution < -0.4 is 11.1 Å². The van der Waals surface area contributed by atoms with Gasteiger partial charge in [-0.1, -0.05) is 12.1 Å². The number of amides is 1. The SMILES string of the molecule is N#CCNC(=O)Cn1cnc(-c2cccc(N)c2)n1. The lowest BCUT2D eigenvalue weighted by atomic mass is 10.2. The van der Waals surface area contributed by atoms with E-state index in [2.05, 4.69) is 15.4 Å². The number of nitriles is 1. The minimum atomic E-state index is -0.287. The molecule has 7 heteroatoms. The van der Waals surface area contributed by atoms with Gasteiger partial charge in [0.2, 0.25) is 5.91 Å². The number of anilines is 1. The molecular weight excluding hydrogens is 244 g/mol. The van der Waals surface area contributed by atoms with Crippen molar-refractivity contribution in [2.24, 2.45) is 0 Å². The Bertz CT molecular complexity index is 627. The Labute approximate surface area is 109 Å². The van der Waals surface area contributed by atoms with Crippen molar-refractivity contribution in [1.29, 1.82) is 5.26 Å². The maximum atomic E-state index is 11.4. The quantitative estimate of drug-likeness (QED) is 0.598. The standard InChI is InChI=1S/C12H12N6O/c13-4-5-15-11(19)7-18-8-16-12(17-18)9-2-1-3-10(14)6-9/h1-3,6,8H,5,7,14H2,(H,15,19). The summed E-state index contributed by atoms with van der Waals surface area (Å²) in [6.07, 6.45) is 1.46. The zero-order chi connectivity index (χ0) is 13.7. The first-order chi connectivity index (χ1) is 9.19. The Balaban J connectivity index is 2.07. The lowest BCUT2D eigenvalue weighted by molar-refractivity contribution is -0.121. The molecule has 0 atom stereocenters. The summed E-state index contributed by atoms with van der Waals surface area (Å²) < 4.78 is 1.41. The van der Waals surface area contributed by atoms with E-state index in [4.69, 9.17) is 11.0 Å². The van der Waals surface area contributed by atoms with Gasteiger partial charge in [-0.25, -0.2) is 9.67 Å². The van der Waals surface area contributed by atoms with Gasteiger partial charge in [-0.3, -0.25) is 4.79 Å². The number of rotatable bonds is 4. The number of carbonyl (C=O) groups excluding carboxylic acids is 1. The molecule has 2 aromatic rings. The molecule has 0 aliphatic heterocycles. The van der Waals surface area contributed by atoms with Crippen LogP contribution in [0.2, 0.25) is 0 Å². The Morgan fingerprint density at radius 2 is 2.37 bits per heavy atom. The van der Waals surface area contributed by atoms with Crippen LogP contribution in [0.5, 0.6) is 0 Å². The molecule has 0 aliphatic rings. The van der Waals surface area contributed by atoms with Crippen molar-refractivity contribution in [3.8, 4) is 17.5 Å². The van der Waals surface area contributed by atoms with E-state index in [1.54, 1.807) is 12.1 Å². The number of carbonyl (C=O) groups is 1. The third-order valence-corrected chi connectivity index (χ3v) is 2.35. The molecule has 1 aromatic carbocycles. The fraction of sp³-hybridized carbons (Fsp3) is 0.167. The number of hydrogen-bond acceptors (Lipinski definition) is 5. The van der Waals surface area contributed by atoms with Crippen LogP contribution in [0.3, 0.4) is 0 Å². The summed E-state index contributed by atoms with van der Waals surface area (Å²) in [7, 11) is 0. The summed E-state index contributed by atoms with van der Waals surface area (Å²) in [6, 6.07) is 9.01. The van der Waals surface area contributed by atoms with E-state index in [0.717, 1.165) is 5.56 Å². The van der Waals surface area contributed by atoms with Crippen molar-refractivity contribution in [3.63, 3.8) is 0 Å². The minimum Gasteiger partial charge on any atom is -0.399 e. The number of aromatic nitrogens is 3. The molecule has 19 heavy (non-hydrogen) atoms. The maximum absolute atomic E-state index is 11.4. The van der Waals surface area contributed by atoms with Crippen LogP contribution in [-0.4, -0.2) is 27.2 Å². The third-order valence-electron chi connectivity index (χ3n) is 2.35. The zero-order valence-electron chi connectivity index (χ0n) is 10.1. The minimum absolute atomic E-state index is 0.0182. The number of nitrogens with two attached hydrogens (primary N) is 1. The maximum Gasteiger partial charge on any atom is 0.242 e. The molecule has 0 unspecified atom stereocenters. The van der Waals surface area contributed by atoms with E-state index in [1.807, 2.05) is 18.2 Å². The van der Waals surface area contributed by atoms with Gasteiger partial charge in [0.15, 0.2) is 5.82 Å². The van der Waals surface area contributed by atoms with Crippen molar-refractivity contribution in [3.05, 3.63) is 30.6 Å². The molecule has 0 aliphatic carbocycles. The van der Waals surface area contributed by atoms with Gasteiger partial charge in [-0.2, -0.15) is 10.4 Å². The van der Waals surface area contributed by atoms with Crippen LogP contribution in [0.1, 0.15) is 0 Å². The van der Waals surface area contributed by atoms with E-state index in [-0.39, 0.29) is 19.0 Å². The molecule has 1 amide bonds. The van der Waals surface area contributed by atoms with Crippen LogP contribution in [0.15, 0.2) is 30.6 Å². The van der Waals surface area contributed by atoms with Crippen molar-refractivity contribution in [2.45, 2.75) is 6.54 Å². The van der Waals surface area contributed by atoms with Gasteiger partial charge >= 0.3 is 0 Å². The van der Waals surface area contributed by atoms with Crippen LogP contribution >= 0.6 is 0 Å². The number of nitrogens with one attached hydrogen (secondary N) is 1. The Hall–Kier alpha value is -2.88. The highest BCUT2D eigenvalue weighted by molar-refractivity contribution is 5.75. The molecule has 7 nitrogen and oxygen atoms in total. The van der Waals surface area contributed by atoms with Gasteiger partial charge in [0, 0.05) is 11.3 Å². The average Bonchev–Trinajstić information content (AvgIpc) is 2.85. The number of nitrogen functional groups attached to an aromatic ring is 1. The second kappa shape index (κ2) is 5.64. The molecule has 0 spiro atoms. The van der Waals surface area contributed by atoms with E-state index in [1.165, 1.54) is 11.0 Å². The molecule has 0 saturated heterocycles. The molecule has 0 saturated carbocycles. The van der Waals surface area contributed by atoms with Crippen LogP contribution in [0.4, 0.5) is 5.69 Å². The monoisotopic (exact) mass is 256 g/mol. The zero-order valence-corrected chi connectivity index (χ0v) is 10.1. The summed E-state index contributed by atoms with van der Waals surface area (Å²) in [5, 5.41) is 15.0. The molecular formula is C12H12N6O. The second-order valence-electron chi connectivity index (χ2n) is 3.83. The molecule has 0 bridgehead atoms. The van der Waals surface area contributed by atoms with Gasteiger partial charge in [0.05, 0.1) is 6.07 Å². The van der Waals surface area contributed by atoms with E-state index >= 15 is 0 Å². The number of nitrogens with zero attached hydrogens (tertiary/aromatic N) is 4. The summed E-state index contributed by atoms with van der Waals surface area (Å²) in [4.78, 5) is 15.5. The predicted molar refractivity (Wildman–Crippen MR) is 68.5 cm³/mol. The van der Waals surface area contributed by atoms with Crippen molar-refractivity contribution < 1.29 is 4.79 Å². The molecule has 0 radical (unpaired) electrons. The highest BCUT2D eigenvalue weighted by Gasteiger charge is 2.07. The van der Waals surface area contributed by atoms with Crippen LogP contribution in [0, 0.1) is 11.3 Å². The summed E-state index contributed by atoms with van der Waals surface area (Å²) in [5.74, 6) is 0.214. The summed E-state index contributed by atoms with van der Waals surface area (Å²) >= 11 is 0. The molecule has 0 fully saturated rings. The largest absolute Gasteiger partial charge is 0.399 e. The lowest BCUT2D eigenvalue weighted by Gasteiger charge is -2.00. The van der Waals surface area contributed by atoms with Gasteiger partial charge in [0.1, 0.15) is 19.4 Å². The first kappa shape index (κ1) is 12.6. The molecule has 1 heterocycles. The Morgan fingerprint density at radius 1 is 1.53 bits per heavy atom. The van der Waals surface area contributed by atoms with E-state index in [9.17, 15) is 4.79 Å². The predicted octanol–water partition coefficient (Wildman–Crippen LogP) is 0.167. The molecule has 96 valence electrons. The Morgan fingerprint density at radius 3 is 3.11 bits per heavy atom. The van der Waals surface area contributed by atoms with Gasteiger partial charge in [0.25, 0.3) is 0 Å². The van der Waals surface area contributed by atoms with Gasteiger partial charge < -0.3 is 11.1 Å². The molecule has 2 rings (SSSR count). The fourth-order valence-corrected chi connectivity index (χ4v) is 1.52. The normalized spacial score (nSPS) is 9.84. The topological polar surface area (TPSA) is 110 Å². The highest BCUT2D eigenvalue weighted by atomic mass is 16.2. The highest BCUT2D eigenvalue weighted by Crippen LogP contribution is 2.16.